The average molecular weight is 277 g/mol. The summed E-state index contributed by atoms with van der Waals surface area (Å²) < 4.78 is 14.5. The van der Waals surface area contributed by atoms with Gasteiger partial charge in [0.05, 0.1) is 13.7 Å². The van der Waals surface area contributed by atoms with E-state index in [0.29, 0.717) is 5.56 Å². The molecule has 0 saturated carbocycles. The van der Waals surface area contributed by atoms with Gasteiger partial charge in [-0.1, -0.05) is 6.07 Å². The number of ether oxygens (including phenoxy) is 3. The number of benzene rings is 1. The topological polar surface area (TPSA) is 88.8 Å². The Morgan fingerprint density at radius 1 is 1.40 bits per heavy atom. The first kappa shape index (κ1) is 15.5. The summed E-state index contributed by atoms with van der Waals surface area (Å²) in [5, 5.41) is 18.4. The number of phenolic OH excluding ortho intramolecular Hbond substituents is 1. The Morgan fingerprint density at radius 3 is 2.75 bits per heavy atom. The van der Waals surface area contributed by atoms with Crippen molar-refractivity contribution in [2.45, 2.75) is 0 Å². The van der Waals surface area contributed by atoms with Crippen molar-refractivity contribution in [3.05, 3.63) is 29.3 Å². The van der Waals surface area contributed by atoms with Gasteiger partial charge in [-0.15, -0.1) is 0 Å². The van der Waals surface area contributed by atoms with Crippen LogP contribution >= 0.6 is 0 Å². The number of phenols is 1. The van der Waals surface area contributed by atoms with Gasteiger partial charge in [-0.2, -0.15) is 5.26 Å². The predicted octanol–water partition coefficient (Wildman–Crippen LogP) is 1.50. The van der Waals surface area contributed by atoms with Crippen molar-refractivity contribution in [1.82, 2.24) is 0 Å². The number of nitriles is 1. The van der Waals surface area contributed by atoms with Crippen molar-refractivity contribution in [2.75, 3.05) is 27.4 Å². The smallest absolute Gasteiger partial charge is 0.348 e. The fourth-order valence-electron chi connectivity index (χ4n) is 1.38. The quantitative estimate of drug-likeness (QED) is 0.367. The third kappa shape index (κ3) is 4.30. The summed E-state index contributed by atoms with van der Waals surface area (Å²) in [5.74, 6) is -0.494. The second-order valence-electron chi connectivity index (χ2n) is 3.73. The van der Waals surface area contributed by atoms with Crippen molar-refractivity contribution >= 4 is 12.0 Å². The van der Waals surface area contributed by atoms with Crippen LogP contribution < -0.4 is 4.74 Å². The number of carbonyl (C=O) groups is 1. The Hall–Kier alpha value is -2.52. The average Bonchev–Trinajstić information content (AvgIpc) is 2.46. The molecule has 0 heterocycles. The summed E-state index contributed by atoms with van der Waals surface area (Å²) in [6, 6.07) is 6.25. The molecule has 0 spiro atoms. The van der Waals surface area contributed by atoms with Gasteiger partial charge in [0.1, 0.15) is 18.2 Å². The van der Waals surface area contributed by atoms with E-state index >= 15 is 0 Å². The molecule has 0 aliphatic carbocycles. The normalized spacial score (nSPS) is 10.8. The Kier molecular flexibility index (Phi) is 6.07. The van der Waals surface area contributed by atoms with Gasteiger partial charge in [0.2, 0.25) is 0 Å². The Bertz CT molecular complexity index is 545. The largest absolute Gasteiger partial charge is 0.504 e. The van der Waals surface area contributed by atoms with Gasteiger partial charge in [-0.25, -0.2) is 4.79 Å². The number of esters is 1. The van der Waals surface area contributed by atoms with Gasteiger partial charge < -0.3 is 19.3 Å². The molecule has 0 fully saturated rings. The Balaban J connectivity index is 2.89. The summed E-state index contributed by atoms with van der Waals surface area (Å²) in [6.45, 7) is 0.338. The van der Waals surface area contributed by atoms with Crippen LogP contribution in [-0.4, -0.2) is 38.5 Å². The van der Waals surface area contributed by atoms with E-state index in [9.17, 15) is 9.90 Å². The first-order valence-corrected chi connectivity index (χ1v) is 5.77. The highest BCUT2D eigenvalue weighted by molar-refractivity contribution is 5.97. The number of methoxy groups -OCH3 is 2. The molecule has 20 heavy (non-hydrogen) atoms. The van der Waals surface area contributed by atoms with Crippen molar-refractivity contribution in [3.8, 4) is 17.6 Å². The molecular formula is C14H15NO5. The van der Waals surface area contributed by atoms with E-state index in [2.05, 4.69) is 0 Å². The van der Waals surface area contributed by atoms with E-state index in [-0.39, 0.29) is 30.3 Å². The predicted molar refractivity (Wildman–Crippen MR) is 71.1 cm³/mol. The van der Waals surface area contributed by atoms with E-state index in [1.54, 1.807) is 12.1 Å². The van der Waals surface area contributed by atoms with Crippen LogP contribution in [0.3, 0.4) is 0 Å². The Morgan fingerprint density at radius 2 is 2.15 bits per heavy atom. The lowest BCUT2D eigenvalue weighted by atomic mass is 10.1. The third-order valence-electron chi connectivity index (χ3n) is 2.38. The van der Waals surface area contributed by atoms with E-state index in [1.807, 2.05) is 0 Å². The van der Waals surface area contributed by atoms with Gasteiger partial charge in [0.25, 0.3) is 0 Å². The van der Waals surface area contributed by atoms with Crippen LogP contribution in [0.25, 0.3) is 6.08 Å². The number of hydrogen-bond acceptors (Lipinski definition) is 6. The van der Waals surface area contributed by atoms with Crippen molar-refractivity contribution < 1.29 is 24.1 Å². The molecule has 0 aliphatic rings. The minimum absolute atomic E-state index is 0.0224. The monoisotopic (exact) mass is 277 g/mol. The summed E-state index contributed by atoms with van der Waals surface area (Å²) in [5.41, 5.74) is 0.397. The lowest BCUT2D eigenvalue weighted by Gasteiger charge is -2.05. The Labute approximate surface area is 116 Å². The van der Waals surface area contributed by atoms with E-state index in [4.69, 9.17) is 19.5 Å². The highest BCUT2D eigenvalue weighted by Crippen LogP contribution is 2.27. The van der Waals surface area contributed by atoms with Gasteiger partial charge >= 0.3 is 5.97 Å². The zero-order chi connectivity index (χ0) is 15.0. The van der Waals surface area contributed by atoms with E-state index in [1.165, 1.54) is 32.4 Å². The number of nitrogens with zero attached hydrogens (tertiary/aromatic N) is 1. The van der Waals surface area contributed by atoms with Crippen molar-refractivity contribution in [3.63, 3.8) is 0 Å². The molecule has 0 bridgehead atoms. The fourth-order valence-corrected chi connectivity index (χ4v) is 1.38. The molecule has 106 valence electrons. The molecule has 1 aromatic rings. The second kappa shape index (κ2) is 7.81. The molecule has 0 atom stereocenters. The van der Waals surface area contributed by atoms with Crippen LogP contribution in [0.5, 0.6) is 11.5 Å². The molecule has 0 amide bonds. The van der Waals surface area contributed by atoms with Gasteiger partial charge in [-0.3, -0.25) is 0 Å². The van der Waals surface area contributed by atoms with E-state index in [0.717, 1.165) is 0 Å². The van der Waals surface area contributed by atoms with Crippen LogP contribution in [0, 0.1) is 11.3 Å². The number of hydrogen-bond donors (Lipinski definition) is 1. The van der Waals surface area contributed by atoms with E-state index < -0.39 is 5.97 Å². The number of carbonyl (C=O) groups excluding carboxylic acids is 1. The van der Waals surface area contributed by atoms with Gasteiger partial charge in [-0.05, 0) is 23.8 Å². The zero-order valence-corrected chi connectivity index (χ0v) is 11.3. The molecule has 0 aliphatic heterocycles. The van der Waals surface area contributed by atoms with Crippen LogP contribution in [0.2, 0.25) is 0 Å². The van der Waals surface area contributed by atoms with Gasteiger partial charge in [0, 0.05) is 7.11 Å². The van der Waals surface area contributed by atoms with Crippen LogP contribution in [-0.2, 0) is 14.3 Å². The maximum atomic E-state index is 11.6. The highest BCUT2D eigenvalue weighted by Gasteiger charge is 2.11. The maximum absolute atomic E-state index is 11.6. The van der Waals surface area contributed by atoms with Crippen molar-refractivity contribution in [2.24, 2.45) is 0 Å². The first-order valence-electron chi connectivity index (χ1n) is 5.77. The summed E-state index contributed by atoms with van der Waals surface area (Å²) in [7, 11) is 2.89. The third-order valence-corrected chi connectivity index (χ3v) is 2.38. The molecule has 1 N–H and O–H groups in total. The maximum Gasteiger partial charge on any atom is 0.348 e. The molecule has 0 aromatic heterocycles. The van der Waals surface area contributed by atoms with Gasteiger partial charge in [0.15, 0.2) is 11.5 Å². The molecule has 1 aromatic carbocycles. The SMILES string of the molecule is COCCOC(=O)/C(C#N)=C\c1ccc(O)c(OC)c1. The standard InChI is InChI=1S/C14H15NO5/c1-18-5-6-20-14(17)11(9-15)7-10-3-4-12(16)13(8-10)19-2/h3-4,7-8,16H,5-6H2,1-2H3/b11-7-. The first-order chi connectivity index (χ1) is 9.62. The minimum Gasteiger partial charge on any atom is -0.504 e. The molecule has 0 saturated heterocycles. The second-order valence-corrected chi connectivity index (χ2v) is 3.73. The highest BCUT2D eigenvalue weighted by atomic mass is 16.6. The lowest BCUT2D eigenvalue weighted by Crippen LogP contribution is -2.11. The van der Waals surface area contributed by atoms with Crippen LogP contribution in [0.15, 0.2) is 23.8 Å². The molecule has 6 nitrogen and oxygen atoms in total. The molecule has 0 unspecified atom stereocenters. The zero-order valence-electron chi connectivity index (χ0n) is 11.3. The summed E-state index contributed by atoms with van der Waals surface area (Å²) in [4.78, 5) is 11.6. The number of rotatable bonds is 6. The van der Waals surface area contributed by atoms with Crippen molar-refractivity contribution in [1.29, 1.82) is 5.26 Å². The minimum atomic E-state index is -0.725. The van der Waals surface area contributed by atoms with Crippen LogP contribution in [0.1, 0.15) is 5.56 Å². The molecule has 1 rings (SSSR count). The molecule has 0 radical (unpaired) electrons. The molecule has 6 heteroatoms. The lowest BCUT2D eigenvalue weighted by molar-refractivity contribution is -0.139. The van der Waals surface area contributed by atoms with Crippen LogP contribution in [0.4, 0.5) is 0 Å². The fraction of sp³-hybridized carbons (Fsp3) is 0.286. The summed E-state index contributed by atoms with van der Waals surface area (Å²) >= 11 is 0. The number of aromatic hydroxyl groups is 1. The molecular weight excluding hydrogens is 262 g/mol. The summed E-state index contributed by atoms with van der Waals surface area (Å²) in [6.07, 6.45) is 1.36.